The van der Waals surface area contributed by atoms with E-state index in [2.05, 4.69) is 16.0 Å². The maximum absolute atomic E-state index is 12.3. The lowest BCUT2D eigenvalue weighted by Crippen LogP contribution is -2.39. The van der Waals surface area contributed by atoms with E-state index in [0.29, 0.717) is 21.3 Å². The molecule has 0 aliphatic carbocycles. The van der Waals surface area contributed by atoms with Gasteiger partial charge in [0.15, 0.2) is 5.11 Å². The van der Waals surface area contributed by atoms with Crippen molar-refractivity contribution in [2.45, 2.75) is 12.5 Å². The van der Waals surface area contributed by atoms with Gasteiger partial charge in [0.05, 0.1) is 19.0 Å². The molecule has 1 atom stereocenters. The third kappa shape index (κ3) is 7.51. The molecule has 0 aromatic heterocycles. The third-order valence-electron chi connectivity index (χ3n) is 3.80. The molecule has 1 unspecified atom stereocenters. The number of anilines is 1. The molecule has 0 aliphatic heterocycles. The van der Waals surface area contributed by atoms with E-state index in [-0.39, 0.29) is 23.6 Å². The number of carboxylic acid groups (broad SMARTS) is 1. The minimum atomic E-state index is -1.12. The Morgan fingerprint density at radius 3 is 2.37 bits per heavy atom. The number of benzene rings is 2. The molecule has 2 amide bonds. The number of nitrogens with one attached hydrogen (secondary N) is 3. The first-order valence-corrected chi connectivity index (χ1v) is 9.72. The number of hydrogen-bond acceptors (Lipinski definition) is 4. The highest BCUT2D eigenvalue weighted by Gasteiger charge is 2.19. The van der Waals surface area contributed by atoms with E-state index in [1.807, 2.05) is 0 Å². The first-order chi connectivity index (χ1) is 14.1. The maximum Gasteiger partial charge on any atom is 0.305 e. The first kappa shape index (κ1) is 23.4. The summed E-state index contributed by atoms with van der Waals surface area (Å²) in [5.41, 5.74) is 6.65. The fourth-order valence-electron chi connectivity index (χ4n) is 2.59. The summed E-state index contributed by atoms with van der Waals surface area (Å²) in [7, 11) is 0. The van der Waals surface area contributed by atoms with Gasteiger partial charge in [0, 0.05) is 21.3 Å². The van der Waals surface area contributed by atoms with Gasteiger partial charge in [0.25, 0.3) is 5.91 Å². The Kier molecular flexibility index (Phi) is 8.40. The number of carbonyl (C=O) groups is 3. The van der Waals surface area contributed by atoms with E-state index in [4.69, 9.17) is 46.3 Å². The third-order valence-corrected chi connectivity index (χ3v) is 4.34. The van der Waals surface area contributed by atoms with E-state index in [1.165, 1.54) is 24.3 Å². The molecule has 0 bridgehead atoms. The van der Waals surface area contributed by atoms with Gasteiger partial charge in [0.1, 0.15) is 0 Å². The smallest absolute Gasteiger partial charge is 0.305 e. The number of nitrogens with two attached hydrogens (primary N) is 1. The predicted octanol–water partition coefficient (Wildman–Crippen LogP) is 2.71. The highest BCUT2D eigenvalue weighted by Crippen LogP contribution is 2.25. The van der Waals surface area contributed by atoms with Crippen molar-refractivity contribution in [2.75, 3.05) is 11.9 Å². The number of carbonyl (C=O) groups excluding carboxylic acids is 2. The summed E-state index contributed by atoms with van der Waals surface area (Å²) >= 11 is 16.7. The second-order valence-electron chi connectivity index (χ2n) is 6.17. The fourth-order valence-corrected chi connectivity index (χ4v) is 3.25. The van der Waals surface area contributed by atoms with E-state index in [9.17, 15) is 14.4 Å². The van der Waals surface area contributed by atoms with Crippen molar-refractivity contribution < 1.29 is 19.5 Å². The Balaban J connectivity index is 2.02. The molecule has 8 nitrogen and oxygen atoms in total. The largest absolute Gasteiger partial charge is 0.481 e. The zero-order valence-electron chi connectivity index (χ0n) is 15.4. The number of halogens is 2. The van der Waals surface area contributed by atoms with E-state index < -0.39 is 23.8 Å². The Morgan fingerprint density at radius 1 is 1.10 bits per heavy atom. The van der Waals surface area contributed by atoms with Crippen LogP contribution in [0.4, 0.5) is 5.69 Å². The molecule has 2 rings (SSSR count). The molecule has 0 radical (unpaired) electrons. The van der Waals surface area contributed by atoms with Crippen LogP contribution in [0.5, 0.6) is 0 Å². The van der Waals surface area contributed by atoms with Gasteiger partial charge >= 0.3 is 5.97 Å². The van der Waals surface area contributed by atoms with E-state index >= 15 is 0 Å². The zero-order chi connectivity index (χ0) is 22.3. The van der Waals surface area contributed by atoms with Crippen LogP contribution in [-0.4, -0.2) is 34.5 Å². The van der Waals surface area contributed by atoms with Crippen LogP contribution in [0.3, 0.4) is 0 Å². The van der Waals surface area contributed by atoms with Crippen molar-refractivity contribution in [1.82, 2.24) is 10.6 Å². The summed E-state index contributed by atoms with van der Waals surface area (Å²) in [6.45, 7) is -0.365. The Bertz CT molecular complexity index is 967. The molecule has 0 saturated heterocycles. The summed E-state index contributed by atoms with van der Waals surface area (Å²) in [6.07, 6.45) is -0.386. The zero-order valence-corrected chi connectivity index (χ0v) is 17.8. The number of amides is 2. The van der Waals surface area contributed by atoms with Crippen molar-refractivity contribution >= 4 is 64.0 Å². The van der Waals surface area contributed by atoms with Crippen LogP contribution in [0, 0.1) is 0 Å². The molecule has 2 aromatic rings. The summed E-state index contributed by atoms with van der Waals surface area (Å²) in [5, 5.41) is 17.6. The monoisotopic (exact) mass is 468 g/mol. The van der Waals surface area contributed by atoms with Crippen LogP contribution in [0.1, 0.15) is 28.4 Å². The van der Waals surface area contributed by atoms with Crippen molar-refractivity contribution in [1.29, 1.82) is 0 Å². The Morgan fingerprint density at radius 2 is 1.77 bits per heavy atom. The quantitative estimate of drug-likeness (QED) is 0.376. The summed E-state index contributed by atoms with van der Waals surface area (Å²) in [5.74, 6) is -2.21. The Hall–Kier alpha value is -2.88. The average Bonchev–Trinajstić information content (AvgIpc) is 2.64. The second-order valence-corrected chi connectivity index (χ2v) is 7.49. The molecule has 0 heterocycles. The Labute approximate surface area is 187 Å². The lowest BCUT2D eigenvalue weighted by atomic mass is 10.0. The van der Waals surface area contributed by atoms with Gasteiger partial charge in [0.2, 0.25) is 5.91 Å². The van der Waals surface area contributed by atoms with Gasteiger partial charge in [-0.3, -0.25) is 14.4 Å². The fraction of sp³-hybridized carbons (Fsp3) is 0.158. The molecule has 6 N–H and O–H groups in total. The van der Waals surface area contributed by atoms with Crippen molar-refractivity contribution in [3.8, 4) is 0 Å². The van der Waals surface area contributed by atoms with Crippen LogP contribution in [0.25, 0.3) is 0 Å². The number of thiocarbonyl (C=S) groups is 1. The lowest BCUT2D eigenvalue weighted by molar-refractivity contribution is -0.137. The van der Waals surface area contributed by atoms with Gasteiger partial charge in [-0.05, 0) is 54.2 Å². The second kappa shape index (κ2) is 10.8. The summed E-state index contributed by atoms with van der Waals surface area (Å²) < 4.78 is 0. The molecule has 2 aromatic carbocycles. The SMILES string of the molecule is NC(=S)Nc1cccc(C(=O)NCC(=O)NC(CC(=O)O)c2cc(Cl)cc(Cl)c2)c1. The van der Waals surface area contributed by atoms with Crippen LogP contribution in [-0.2, 0) is 9.59 Å². The summed E-state index contributed by atoms with van der Waals surface area (Å²) in [4.78, 5) is 35.8. The van der Waals surface area contributed by atoms with E-state index in [1.54, 1.807) is 18.2 Å². The molecule has 0 fully saturated rings. The highest BCUT2D eigenvalue weighted by molar-refractivity contribution is 7.80. The van der Waals surface area contributed by atoms with Gasteiger partial charge < -0.3 is 26.8 Å². The number of rotatable bonds is 8. The standard InChI is InChI=1S/C19H18Cl2N4O4S/c20-12-4-11(5-13(21)7-12)15(8-17(27)28)25-16(26)9-23-18(29)10-2-1-3-14(6-10)24-19(22)30/h1-7,15H,8-9H2,(H,23,29)(H,25,26)(H,27,28)(H3,22,24,30). The topological polar surface area (TPSA) is 134 Å². The molecule has 158 valence electrons. The maximum atomic E-state index is 12.3. The molecule has 0 saturated carbocycles. The van der Waals surface area contributed by atoms with Crippen LogP contribution in [0.2, 0.25) is 10.0 Å². The molecule has 0 spiro atoms. The highest BCUT2D eigenvalue weighted by atomic mass is 35.5. The molecule has 30 heavy (non-hydrogen) atoms. The minimum Gasteiger partial charge on any atom is -0.481 e. The first-order valence-electron chi connectivity index (χ1n) is 8.56. The van der Waals surface area contributed by atoms with Gasteiger partial charge in [-0.2, -0.15) is 0 Å². The number of aliphatic carboxylic acids is 1. The number of carboxylic acids is 1. The van der Waals surface area contributed by atoms with E-state index in [0.717, 1.165) is 0 Å². The van der Waals surface area contributed by atoms with Gasteiger partial charge in [-0.1, -0.05) is 29.3 Å². The average molecular weight is 469 g/mol. The van der Waals surface area contributed by atoms with Crippen LogP contribution >= 0.6 is 35.4 Å². The number of hydrogen-bond donors (Lipinski definition) is 5. The van der Waals surface area contributed by atoms with Crippen LogP contribution < -0.4 is 21.7 Å². The molecular formula is C19H18Cl2N4O4S. The molecular weight excluding hydrogens is 451 g/mol. The van der Waals surface area contributed by atoms with Gasteiger partial charge in [-0.25, -0.2) is 0 Å². The normalized spacial score (nSPS) is 11.3. The van der Waals surface area contributed by atoms with Crippen molar-refractivity contribution in [3.63, 3.8) is 0 Å². The van der Waals surface area contributed by atoms with Crippen molar-refractivity contribution in [3.05, 3.63) is 63.6 Å². The predicted molar refractivity (Wildman–Crippen MR) is 119 cm³/mol. The molecule has 11 heteroatoms. The lowest BCUT2D eigenvalue weighted by Gasteiger charge is -2.18. The minimum absolute atomic E-state index is 0.0533. The van der Waals surface area contributed by atoms with Gasteiger partial charge in [-0.15, -0.1) is 0 Å². The summed E-state index contributed by atoms with van der Waals surface area (Å²) in [6, 6.07) is 10.0. The molecule has 0 aliphatic rings. The van der Waals surface area contributed by atoms with Crippen LogP contribution in [0.15, 0.2) is 42.5 Å². The van der Waals surface area contributed by atoms with Crippen molar-refractivity contribution in [2.24, 2.45) is 5.73 Å².